The van der Waals surface area contributed by atoms with E-state index in [2.05, 4.69) is 191 Å². The molecule has 2 aliphatic heterocycles. The fraction of sp³-hybridized carbons (Fsp3) is 0.0435. The summed E-state index contributed by atoms with van der Waals surface area (Å²) >= 11 is 0. The largest absolute Gasteiger partial charge is 0.311 e. The zero-order valence-corrected chi connectivity index (χ0v) is 27.0. The minimum absolute atomic E-state index is 1.03. The van der Waals surface area contributed by atoms with Crippen molar-refractivity contribution in [1.29, 1.82) is 0 Å². The van der Waals surface area contributed by atoms with Gasteiger partial charge in [-0.25, -0.2) is 0 Å². The van der Waals surface area contributed by atoms with Crippen LogP contribution in [0.5, 0.6) is 0 Å². The first-order valence-electron chi connectivity index (χ1n) is 17.1. The van der Waals surface area contributed by atoms with Crippen LogP contribution in [0.4, 0.5) is 51.2 Å². The Morgan fingerprint density at radius 2 is 1.00 bits per heavy atom. The highest BCUT2D eigenvalue weighted by molar-refractivity contribution is 6.14. The van der Waals surface area contributed by atoms with Gasteiger partial charge in [0.1, 0.15) is 0 Å². The maximum Gasteiger partial charge on any atom is 0.0788 e. The maximum atomic E-state index is 2.52. The average molecular weight is 628 g/mol. The Bertz CT molecular complexity index is 2350. The van der Waals surface area contributed by atoms with Gasteiger partial charge in [0.25, 0.3) is 0 Å². The molecule has 0 spiro atoms. The van der Waals surface area contributed by atoms with Crippen molar-refractivity contribution in [2.24, 2.45) is 0 Å². The first-order valence-corrected chi connectivity index (χ1v) is 17.1. The van der Waals surface area contributed by atoms with Crippen molar-refractivity contribution in [3.8, 4) is 22.3 Å². The first-order chi connectivity index (χ1) is 24.3. The number of allylic oxidation sites excluding steroid dienone is 1. The number of hydrogen-bond acceptors (Lipinski definition) is 3. The van der Waals surface area contributed by atoms with Gasteiger partial charge in [-0.05, 0) is 108 Å². The lowest BCUT2D eigenvalue weighted by Crippen LogP contribution is -2.25. The molecule has 10 rings (SSSR count). The fourth-order valence-corrected chi connectivity index (χ4v) is 8.04. The smallest absolute Gasteiger partial charge is 0.0788 e. The van der Waals surface area contributed by atoms with Gasteiger partial charge in [-0.3, -0.25) is 0 Å². The van der Waals surface area contributed by atoms with Crippen LogP contribution in [-0.2, 0) is 6.42 Å². The van der Waals surface area contributed by atoms with Crippen LogP contribution in [0.25, 0.3) is 28.3 Å². The minimum Gasteiger partial charge on any atom is -0.311 e. The van der Waals surface area contributed by atoms with E-state index >= 15 is 0 Å². The molecule has 7 aromatic carbocycles. The lowest BCUT2D eigenvalue weighted by atomic mass is 9.85. The van der Waals surface area contributed by atoms with Crippen LogP contribution < -0.4 is 14.7 Å². The van der Waals surface area contributed by atoms with Crippen LogP contribution in [0.3, 0.4) is 0 Å². The van der Waals surface area contributed by atoms with Crippen molar-refractivity contribution in [3.05, 3.63) is 181 Å². The standard InChI is InChI=1S/C46H33N3/c1-3-16-33(17-4-1)47(34-18-5-2-6-19-34)35-27-29-36(30-28-35)48-42-25-13-14-26-43(42)49-41-24-12-11-22-39(41)38-21-9-10-23-40(38)45-37-20-8-7-15-32(37)31-44(48)46(45)49/h1-6,8-14,16-31H,7,15H2. The number of aryl methyl sites for hydroxylation is 1. The Hall–Kier alpha value is -6.32. The molecule has 0 saturated carbocycles. The number of nitrogens with zero attached hydrogens (tertiary/aromatic N) is 3. The van der Waals surface area contributed by atoms with Gasteiger partial charge in [0.2, 0.25) is 0 Å². The van der Waals surface area contributed by atoms with E-state index in [1.165, 1.54) is 61.8 Å². The van der Waals surface area contributed by atoms with Crippen LogP contribution in [-0.4, -0.2) is 0 Å². The number of hydrogen-bond donors (Lipinski definition) is 0. The van der Waals surface area contributed by atoms with E-state index < -0.39 is 0 Å². The Kier molecular flexibility index (Phi) is 6.31. The van der Waals surface area contributed by atoms with Crippen LogP contribution in [0.2, 0.25) is 0 Å². The summed E-state index contributed by atoms with van der Waals surface area (Å²) < 4.78 is 0. The molecule has 0 fully saturated rings. The van der Waals surface area contributed by atoms with Crippen molar-refractivity contribution < 1.29 is 0 Å². The second-order valence-electron chi connectivity index (χ2n) is 12.9. The Morgan fingerprint density at radius 3 is 1.69 bits per heavy atom. The molecular formula is C46H33N3. The molecule has 0 N–H and O–H groups in total. The summed E-state index contributed by atoms with van der Waals surface area (Å²) in [5, 5.41) is 0. The van der Waals surface area contributed by atoms with E-state index in [4.69, 9.17) is 0 Å². The SMILES string of the molecule is C1=Cc2c(cc3c4c2-c2ccccc2-c2ccccc2N4c2ccccc2N3c2ccc(N(c3ccccc3)c3ccccc3)cc2)CC1. The molecule has 3 nitrogen and oxygen atoms in total. The summed E-state index contributed by atoms with van der Waals surface area (Å²) in [5.41, 5.74) is 18.4. The van der Waals surface area contributed by atoms with E-state index in [1.54, 1.807) is 0 Å². The molecule has 0 amide bonds. The summed E-state index contributed by atoms with van der Waals surface area (Å²) in [6.45, 7) is 0. The molecule has 0 saturated heterocycles. The van der Waals surface area contributed by atoms with Gasteiger partial charge in [0.15, 0.2) is 0 Å². The molecule has 49 heavy (non-hydrogen) atoms. The highest BCUT2D eigenvalue weighted by atomic mass is 15.3. The van der Waals surface area contributed by atoms with E-state index in [0.29, 0.717) is 0 Å². The third-order valence-electron chi connectivity index (χ3n) is 10.1. The molecule has 0 atom stereocenters. The molecule has 3 aliphatic rings. The Labute approximate surface area is 287 Å². The Morgan fingerprint density at radius 1 is 0.449 bits per heavy atom. The molecule has 3 heteroatoms. The minimum atomic E-state index is 1.03. The second kappa shape index (κ2) is 11.1. The van der Waals surface area contributed by atoms with Crippen LogP contribution >= 0.6 is 0 Å². The number of fused-ring (bicyclic) bond motifs is 9. The van der Waals surface area contributed by atoms with Gasteiger partial charge in [0, 0.05) is 33.9 Å². The summed E-state index contributed by atoms with van der Waals surface area (Å²) in [7, 11) is 0. The van der Waals surface area contributed by atoms with Gasteiger partial charge < -0.3 is 14.7 Å². The molecule has 2 heterocycles. The average Bonchev–Trinajstić information content (AvgIpc) is 3.30. The normalized spacial score (nSPS) is 13.4. The highest BCUT2D eigenvalue weighted by Crippen LogP contribution is 2.62. The van der Waals surface area contributed by atoms with E-state index in [1.807, 2.05) is 0 Å². The molecule has 0 radical (unpaired) electrons. The quantitative estimate of drug-likeness (QED) is 0.192. The van der Waals surface area contributed by atoms with Crippen molar-refractivity contribution in [1.82, 2.24) is 0 Å². The lowest BCUT2D eigenvalue weighted by molar-refractivity contribution is 0.983. The predicted molar refractivity (Wildman–Crippen MR) is 206 cm³/mol. The van der Waals surface area contributed by atoms with Crippen molar-refractivity contribution >= 4 is 57.3 Å². The topological polar surface area (TPSA) is 9.72 Å². The van der Waals surface area contributed by atoms with Gasteiger partial charge in [-0.15, -0.1) is 0 Å². The number of benzene rings is 7. The zero-order valence-electron chi connectivity index (χ0n) is 27.0. The maximum absolute atomic E-state index is 2.52. The monoisotopic (exact) mass is 627 g/mol. The third-order valence-corrected chi connectivity index (χ3v) is 10.1. The number of rotatable bonds is 4. The molecule has 232 valence electrons. The summed E-state index contributed by atoms with van der Waals surface area (Å²) in [6, 6.07) is 59.5. The van der Waals surface area contributed by atoms with Crippen molar-refractivity contribution in [2.75, 3.05) is 14.7 Å². The van der Waals surface area contributed by atoms with Crippen LogP contribution in [0.15, 0.2) is 170 Å². The fourth-order valence-electron chi connectivity index (χ4n) is 8.04. The molecule has 0 bridgehead atoms. The summed E-state index contributed by atoms with van der Waals surface area (Å²) in [5.74, 6) is 0. The molecular weight excluding hydrogens is 595 g/mol. The zero-order chi connectivity index (χ0) is 32.3. The highest BCUT2D eigenvalue weighted by Gasteiger charge is 2.38. The van der Waals surface area contributed by atoms with E-state index in [-0.39, 0.29) is 0 Å². The Balaban J connectivity index is 1.22. The van der Waals surface area contributed by atoms with Crippen LogP contribution in [0, 0.1) is 0 Å². The number of para-hydroxylation sites is 5. The predicted octanol–water partition coefficient (Wildman–Crippen LogP) is 13.0. The molecule has 1 aliphatic carbocycles. The van der Waals surface area contributed by atoms with E-state index in [0.717, 1.165) is 35.6 Å². The third kappa shape index (κ3) is 4.29. The van der Waals surface area contributed by atoms with E-state index in [9.17, 15) is 0 Å². The molecule has 0 aromatic heterocycles. The first kappa shape index (κ1) is 27.8. The van der Waals surface area contributed by atoms with Gasteiger partial charge in [-0.1, -0.05) is 103 Å². The lowest BCUT2D eigenvalue weighted by Gasteiger charge is -2.42. The van der Waals surface area contributed by atoms with Crippen LogP contribution in [0.1, 0.15) is 17.5 Å². The van der Waals surface area contributed by atoms with Crippen molar-refractivity contribution in [2.45, 2.75) is 12.8 Å². The summed E-state index contributed by atoms with van der Waals surface area (Å²) in [4.78, 5) is 7.33. The van der Waals surface area contributed by atoms with Gasteiger partial charge in [0.05, 0.1) is 28.4 Å². The molecule has 7 aromatic rings. The van der Waals surface area contributed by atoms with Crippen molar-refractivity contribution in [3.63, 3.8) is 0 Å². The number of anilines is 9. The summed E-state index contributed by atoms with van der Waals surface area (Å²) in [6.07, 6.45) is 6.78. The molecule has 0 unspecified atom stereocenters. The van der Waals surface area contributed by atoms with Gasteiger partial charge in [-0.2, -0.15) is 0 Å². The second-order valence-corrected chi connectivity index (χ2v) is 12.9. The van der Waals surface area contributed by atoms with Gasteiger partial charge >= 0.3 is 0 Å².